The number of piperazine rings is 1. The number of nitrogens with zero attached hydrogens (tertiary/aromatic N) is 3. The number of hydrogen-bond acceptors (Lipinski definition) is 4. The summed E-state index contributed by atoms with van der Waals surface area (Å²) < 4.78 is 0. The molecule has 0 aromatic carbocycles. The summed E-state index contributed by atoms with van der Waals surface area (Å²) in [6.07, 6.45) is 0.642. The van der Waals surface area contributed by atoms with Crippen LogP contribution in [-0.2, 0) is 4.79 Å². The topological polar surface area (TPSA) is 52.8 Å². The van der Waals surface area contributed by atoms with Gasteiger partial charge < -0.3 is 15.5 Å². The van der Waals surface area contributed by atoms with Crippen LogP contribution in [0.2, 0.25) is 0 Å². The summed E-state index contributed by atoms with van der Waals surface area (Å²) in [5, 5.41) is 0. The van der Waals surface area contributed by atoms with Gasteiger partial charge in [0.15, 0.2) is 0 Å². The third-order valence-corrected chi connectivity index (χ3v) is 4.04. The number of carbonyl (C=O) groups is 1. The number of rotatable bonds is 3. The molecule has 0 saturated carbocycles. The smallest absolute Gasteiger partial charge is 0.223 e. The molecule has 0 aromatic rings. The Kier molecular flexibility index (Phi) is 4.01. The van der Waals surface area contributed by atoms with Crippen LogP contribution in [0.3, 0.4) is 0 Å². The first-order chi connectivity index (χ1) is 8.10. The second-order valence-corrected chi connectivity index (χ2v) is 5.50. The lowest BCUT2D eigenvalue weighted by molar-refractivity contribution is -0.128. The lowest BCUT2D eigenvalue weighted by atomic mass is 10.1. The summed E-state index contributed by atoms with van der Waals surface area (Å²) in [5.74, 6) is 0.649. The summed E-state index contributed by atoms with van der Waals surface area (Å²) in [5.41, 5.74) is 5.64. The van der Waals surface area contributed by atoms with Crippen molar-refractivity contribution in [1.82, 2.24) is 14.7 Å². The van der Waals surface area contributed by atoms with Crippen LogP contribution in [0.25, 0.3) is 0 Å². The molecule has 1 amide bonds. The van der Waals surface area contributed by atoms with Crippen LogP contribution in [0.15, 0.2) is 0 Å². The molecule has 2 aliphatic heterocycles. The molecule has 0 aliphatic carbocycles. The van der Waals surface area contributed by atoms with Crippen molar-refractivity contribution in [3.63, 3.8) is 0 Å². The van der Waals surface area contributed by atoms with Gasteiger partial charge in [-0.05, 0) is 26.6 Å². The van der Waals surface area contributed by atoms with Crippen molar-refractivity contribution < 1.29 is 4.79 Å². The van der Waals surface area contributed by atoms with Gasteiger partial charge in [-0.3, -0.25) is 9.69 Å². The van der Waals surface area contributed by atoms with Gasteiger partial charge >= 0.3 is 0 Å². The molecule has 5 heteroatoms. The van der Waals surface area contributed by atoms with E-state index in [0.29, 0.717) is 24.9 Å². The molecule has 2 unspecified atom stereocenters. The molecule has 2 heterocycles. The van der Waals surface area contributed by atoms with Gasteiger partial charge in [0.05, 0.1) is 0 Å². The monoisotopic (exact) mass is 240 g/mol. The highest BCUT2D eigenvalue weighted by molar-refractivity contribution is 5.78. The van der Waals surface area contributed by atoms with E-state index >= 15 is 0 Å². The maximum Gasteiger partial charge on any atom is 0.223 e. The standard InChI is InChI=1S/C12H24N4O/c1-14-3-4-15(2)11(8-14)9-16-7-10(6-13)5-12(16)17/h10-11H,3-9,13H2,1-2H3. The molecule has 2 saturated heterocycles. The van der Waals surface area contributed by atoms with Gasteiger partial charge in [-0.1, -0.05) is 0 Å². The predicted molar refractivity (Wildman–Crippen MR) is 67.7 cm³/mol. The number of nitrogens with two attached hydrogens (primary N) is 1. The van der Waals surface area contributed by atoms with Crippen molar-refractivity contribution >= 4 is 5.91 Å². The van der Waals surface area contributed by atoms with Crippen LogP contribution in [0.5, 0.6) is 0 Å². The zero-order valence-corrected chi connectivity index (χ0v) is 10.9. The van der Waals surface area contributed by atoms with E-state index < -0.39 is 0 Å². The van der Waals surface area contributed by atoms with Gasteiger partial charge in [0.25, 0.3) is 0 Å². The number of likely N-dealkylation sites (N-methyl/N-ethyl adjacent to an activating group) is 2. The lowest BCUT2D eigenvalue weighted by Gasteiger charge is -2.39. The van der Waals surface area contributed by atoms with Crippen LogP contribution in [-0.4, -0.2) is 80.0 Å². The van der Waals surface area contributed by atoms with Gasteiger partial charge in [0.2, 0.25) is 5.91 Å². The van der Waals surface area contributed by atoms with E-state index in [1.54, 1.807) is 0 Å². The third kappa shape index (κ3) is 2.97. The maximum atomic E-state index is 11.8. The highest BCUT2D eigenvalue weighted by Crippen LogP contribution is 2.18. The highest BCUT2D eigenvalue weighted by Gasteiger charge is 2.32. The SMILES string of the molecule is CN1CCN(C)C(CN2CC(CN)CC2=O)C1. The first-order valence-electron chi connectivity index (χ1n) is 6.46. The van der Waals surface area contributed by atoms with E-state index in [-0.39, 0.29) is 5.91 Å². The van der Waals surface area contributed by atoms with Gasteiger partial charge in [0.1, 0.15) is 0 Å². The molecular formula is C12H24N4O. The van der Waals surface area contributed by atoms with Crippen LogP contribution in [0, 0.1) is 5.92 Å². The van der Waals surface area contributed by atoms with Crippen LogP contribution < -0.4 is 5.73 Å². The molecular weight excluding hydrogens is 216 g/mol. The van der Waals surface area contributed by atoms with Gasteiger partial charge in [-0.2, -0.15) is 0 Å². The maximum absolute atomic E-state index is 11.8. The van der Waals surface area contributed by atoms with Crippen molar-refractivity contribution in [2.24, 2.45) is 11.7 Å². The van der Waals surface area contributed by atoms with Crippen molar-refractivity contribution in [2.45, 2.75) is 12.5 Å². The summed E-state index contributed by atoms with van der Waals surface area (Å²) in [6, 6.07) is 0.467. The fourth-order valence-corrected chi connectivity index (χ4v) is 2.74. The molecule has 0 radical (unpaired) electrons. The summed E-state index contributed by atoms with van der Waals surface area (Å²) in [7, 11) is 4.30. The van der Waals surface area contributed by atoms with E-state index in [0.717, 1.165) is 32.7 Å². The first-order valence-corrected chi connectivity index (χ1v) is 6.46. The molecule has 2 aliphatic rings. The Balaban J connectivity index is 1.89. The Morgan fingerprint density at radius 2 is 2.06 bits per heavy atom. The summed E-state index contributed by atoms with van der Waals surface area (Å²) in [6.45, 7) is 5.59. The van der Waals surface area contributed by atoms with E-state index in [9.17, 15) is 4.79 Å². The number of amides is 1. The summed E-state index contributed by atoms with van der Waals surface area (Å²) >= 11 is 0. The fourth-order valence-electron chi connectivity index (χ4n) is 2.74. The zero-order valence-electron chi connectivity index (χ0n) is 10.9. The van der Waals surface area contributed by atoms with E-state index in [2.05, 4.69) is 23.9 Å². The molecule has 98 valence electrons. The minimum absolute atomic E-state index is 0.280. The average Bonchev–Trinajstić information content (AvgIpc) is 2.65. The molecule has 2 atom stereocenters. The molecule has 0 aromatic heterocycles. The van der Waals surface area contributed by atoms with Crippen molar-refractivity contribution in [3.05, 3.63) is 0 Å². The number of likely N-dealkylation sites (tertiary alicyclic amines) is 1. The normalized spacial score (nSPS) is 32.4. The number of carbonyl (C=O) groups excluding carboxylic acids is 1. The van der Waals surface area contributed by atoms with Crippen molar-refractivity contribution in [1.29, 1.82) is 0 Å². The third-order valence-electron chi connectivity index (χ3n) is 4.04. The predicted octanol–water partition coefficient (Wildman–Crippen LogP) is -0.961. The van der Waals surface area contributed by atoms with E-state index in [1.165, 1.54) is 0 Å². The minimum atomic E-state index is 0.280. The second kappa shape index (κ2) is 5.33. The Bertz CT molecular complexity index is 284. The summed E-state index contributed by atoms with van der Waals surface area (Å²) in [4.78, 5) is 18.5. The Morgan fingerprint density at radius 3 is 2.71 bits per heavy atom. The Hall–Kier alpha value is -0.650. The van der Waals surface area contributed by atoms with Crippen molar-refractivity contribution in [3.8, 4) is 0 Å². The Labute approximate surface area is 104 Å². The van der Waals surface area contributed by atoms with Crippen LogP contribution in [0.4, 0.5) is 0 Å². The van der Waals surface area contributed by atoms with E-state index in [4.69, 9.17) is 5.73 Å². The van der Waals surface area contributed by atoms with Crippen LogP contribution >= 0.6 is 0 Å². The average molecular weight is 240 g/mol. The minimum Gasteiger partial charge on any atom is -0.341 e. The van der Waals surface area contributed by atoms with Gasteiger partial charge in [-0.15, -0.1) is 0 Å². The molecule has 0 spiro atoms. The van der Waals surface area contributed by atoms with Crippen molar-refractivity contribution in [2.75, 3.05) is 53.4 Å². The van der Waals surface area contributed by atoms with Gasteiger partial charge in [0, 0.05) is 45.2 Å². The highest BCUT2D eigenvalue weighted by atomic mass is 16.2. The molecule has 5 nitrogen and oxygen atoms in total. The second-order valence-electron chi connectivity index (χ2n) is 5.50. The molecule has 2 fully saturated rings. The van der Waals surface area contributed by atoms with E-state index in [1.807, 2.05) is 4.90 Å². The van der Waals surface area contributed by atoms with Gasteiger partial charge in [-0.25, -0.2) is 0 Å². The quantitative estimate of drug-likeness (QED) is 0.690. The molecule has 2 N–H and O–H groups in total. The molecule has 17 heavy (non-hydrogen) atoms. The lowest BCUT2D eigenvalue weighted by Crippen LogP contribution is -2.54. The molecule has 2 rings (SSSR count). The zero-order chi connectivity index (χ0) is 12.4. The largest absolute Gasteiger partial charge is 0.341 e. The first kappa shape index (κ1) is 12.8. The van der Waals surface area contributed by atoms with Crippen LogP contribution in [0.1, 0.15) is 6.42 Å². The molecule has 0 bridgehead atoms. The number of hydrogen-bond donors (Lipinski definition) is 1. The fraction of sp³-hybridized carbons (Fsp3) is 0.917. The Morgan fingerprint density at radius 1 is 1.29 bits per heavy atom.